The van der Waals surface area contributed by atoms with Gasteiger partial charge in [0.2, 0.25) is 12.4 Å². The normalized spacial score (nSPS) is 14.8. The van der Waals surface area contributed by atoms with Gasteiger partial charge in [-0.3, -0.25) is 14.4 Å². The fraction of sp³-hybridized carbons (Fsp3) is 0.345. The van der Waals surface area contributed by atoms with E-state index >= 15 is 0 Å². The highest BCUT2D eigenvalue weighted by atomic mass is 32.1. The summed E-state index contributed by atoms with van der Waals surface area (Å²) in [6, 6.07) is 3.81. The molecule has 0 spiro atoms. The maximum absolute atomic E-state index is 12.9. The summed E-state index contributed by atoms with van der Waals surface area (Å²) in [4.78, 5) is 42.6. The molecule has 5 N–H and O–H groups in total. The van der Waals surface area contributed by atoms with Gasteiger partial charge in [-0.25, -0.2) is 9.97 Å². The molecule has 0 radical (unpaired) electrons. The molecule has 0 unspecified atom stereocenters. The van der Waals surface area contributed by atoms with Crippen molar-refractivity contribution in [3.8, 4) is 11.3 Å². The third-order valence-corrected chi connectivity index (χ3v) is 6.82. The van der Waals surface area contributed by atoms with Crippen LogP contribution in [0.2, 0.25) is 0 Å². The van der Waals surface area contributed by atoms with Crippen LogP contribution in [0.1, 0.15) is 52.9 Å². The number of amides is 1. The number of hydrogen-bond donors (Lipinski definition) is 4. The third-order valence-electron chi connectivity index (χ3n) is 6.13. The molecule has 2 aromatic rings. The molecular weight excluding hydrogens is 514 g/mol. The molecule has 2 heterocycles. The van der Waals surface area contributed by atoms with Gasteiger partial charge in [0.25, 0.3) is 0 Å². The Morgan fingerprint density at radius 1 is 1.18 bits per heavy atom. The predicted octanol–water partition coefficient (Wildman–Crippen LogP) is 5.22. The molecule has 39 heavy (non-hydrogen) atoms. The van der Waals surface area contributed by atoms with E-state index in [1.165, 1.54) is 6.42 Å². The highest BCUT2D eigenvalue weighted by Gasteiger charge is 2.19. The molecule has 0 atom stereocenters. The summed E-state index contributed by atoms with van der Waals surface area (Å²) in [5.41, 5.74) is 10.3. The number of allylic oxidation sites excluding steroid dienone is 5. The lowest BCUT2D eigenvalue weighted by atomic mass is 9.90. The lowest BCUT2D eigenvalue weighted by molar-refractivity contribution is -0.142. The van der Waals surface area contributed by atoms with Gasteiger partial charge in [-0.05, 0) is 68.3 Å². The Hall–Kier alpha value is -4.05. The van der Waals surface area contributed by atoms with Crippen molar-refractivity contribution in [2.75, 3.05) is 11.9 Å². The molecule has 1 aliphatic carbocycles. The maximum Gasteiger partial charge on any atom is 0.306 e. The molecule has 1 saturated carbocycles. The first kappa shape index (κ1) is 31.2. The quantitative estimate of drug-likeness (QED) is 0.169. The molecule has 9 nitrogen and oxygen atoms in total. The molecule has 2 aromatic heterocycles. The summed E-state index contributed by atoms with van der Waals surface area (Å²) in [7, 11) is 0. The molecular formula is C29H37N5O4S. The third kappa shape index (κ3) is 10.3. The summed E-state index contributed by atoms with van der Waals surface area (Å²) in [5, 5.41) is 18.2. The molecule has 208 valence electrons. The summed E-state index contributed by atoms with van der Waals surface area (Å²) in [6.07, 6.45) is 10.7. The van der Waals surface area contributed by atoms with Crippen molar-refractivity contribution in [1.82, 2.24) is 15.3 Å². The fourth-order valence-corrected chi connectivity index (χ4v) is 4.48. The minimum absolute atomic E-state index is 0.0289. The van der Waals surface area contributed by atoms with Crippen LogP contribution in [0.4, 0.5) is 5.95 Å². The molecule has 0 bridgehead atoms. The zero-order valence-corrected chi connectivity index (χ0v) is 23.5. The van der Waals surface area contributed by atoms with Crippen LogP contribution in [0, 0.1) is 5.92 Å². The SMILES string of the molecule is C=C(C)/C(=C\C=C(/C)C(=O)/C(CNc1nccc(-c2ccsc2)n1)=C(/C)N)NC=O.O=C(O)C1CCCCC1. The summed E-state index contributed by atoms with van der Waals surface area (Å²) < 4.78 is 0. The Morgan fingerprint density at radius 3 is 2.44 bits per heavy atom. The molecule has 0 aliphatic heterocycles. The molecule has 3 rings (SSSR count). The van der Waals surface area contributed by atoms with Gasteiger partial charge < -0.3 is 21.5 Å². The number of ketones is 1. The van der Waals surface area contributed by atoms with Crippen molar-refractivity contribution in [3.63, 3.8) is 0 Å². The van der Waals surface area contributed by atoms with Gasteiger partial charge in [0.1, 0.15) is 0 Å². The number of rotatable bonds is 11. The zero-order chi connectivity index (χ0) is 28.8. The van der Waals surface area contributed by atoms with Crippen LogP contribution in [0.25, 0.3) is 11.3 Å². The van der Waals surface area contributed by atoms with Crippen LogP contribution in [-0.2, 0) is 14.4 Å². The molecule has 0 saturated heterocycles. The number of aromatic nitrogens is 2. The Balaban J connectivity index is 0.000000499. The number of Topliss-reactive ketones (excluding diaryl/α,β-unsaturated/α-hetero) is 1. The fourth-order valence-electron chi connectivity index (χ4n) is 3.83. The maximum atomic E-state index is 12.9. The number of nitrogens with zero attached hydrogens (tertiary/aromatic N) is 2. The van der Waals surface area contributed by atoms with E-state index in [1.54, 1.807) is 50.5 Å². The second-order valence-corrected chi connectivity index (χ2v) is 10.0. The van der Waals surface area contributed by atoms with Crippen molar-refractivity contribution in [2.24, 2.45) is 11.7 Å². The van der Waals surface area contributed by atoms with E-state index in [0.29, 0.717) is 40.5 Å². The Morgan fingerprint density at radius 2 is 1.90 bits per heavy atom. The number of nitrogens with two attached hydrogens (primary N) is 1. The van der Waals surface area contributed by atoms with Crippen molar-refractivity contribution < 1.29 is 19.5 Å². The van der Waals surface area contributed by atoms with Crippen molar-refractivity contribution >= 4 is 35.4 Å². The number of thiophene rings is 1. The average molecular weight is 552 g/mol. The highest BCUT2D eigenvalue weighted by molar-refractivity contribution is 7.08. The topological polar surface area (TPSA) is 147 Å². The number of carbonyl (C=O) groups excluding carboxylic acids is 2. The number of anilines is 1. The van der Waals surface area contributed by atoms with E-state index in [4.69, 9.17) is 10.8 Å². The number of carboxylic acids is 1. The van der Waals surface area contributed by atoms with E-state index in [2.05, 4.69) is 27.2 Å². The van der Waals surface area contributed by atoms with Gasteiger partial charge in [-0.15, -0.1) is 0 Å². The van der Waals surface area contributed by atoms with Crippen LogP contribution in [-0.4, -0.2) is 39.8 Å². The first-order chi connectivity index (χ1) is 18.6. The average Bonchev–Trinajstić information content (AvgIpc) is 3.47. The lowest BCUT2D eigenvalue weighted by Crippen LogP contribution is -2.19. The van der Waals surface area contributed by atoms with Crippen LogP contribution < -0.4 is 16.4 Å². The minimum Gasteiger partial charge on any atom is -0.481 e. The van der Waals surface area contributed by atoms with Crippen LogP contribution in [0.15, 0.2) is 75.9 Å². The van der Waals surface area contributed by atoms with Gasteiger partial charge in [0.05, 0.1) is 11.6 Å². The summed E-state index contributed by atoms with van der Waals surface area (Å²) >= 11 is 1.59. The Bertz CT molecular complexity index is 1240. The molecule has 10 heteroatoms. The van der Waals surface area contributed by atoms with E-state index in [1.807, 2.05) is 22.9 Å². The number of carboxylic acid groups (broad SMARTS) is 1. The van der Waals surface area contributed by atoms with Crippen molar-refractivity contribution in [1.29, 1.82) is 0 Å². The Labute approximate surface area is 233 Å². The van der Waals surface area contributed by atoms with Crippen LogP contribution in [0.3, 0.4) is 0 Å². The Kier molecular flexibility index (Phi) is 12.8. The molecule has 0 aromatic carbocycles. The zero-order valence-electron chi connectivity index (χ0n) is 22.7. The van der Waals surface area contributed by atoms with Crippen molar-refractivity contribution in [2.45, 2.75) is 52.9 Å². The number of hydrogen-bond acceptors (Lipinski definition) is 8. The van der Waals surface area contributed by atoms with E-state index in [9.17, 15) is 14.4 Å². The molecule has 1 aliphatic rings. The van der Waals surface area contributed by atoms with Crippen LogP contribution in [0.5, 0.6) is 0 Å². The van der Waals surface area contributed by atoms with Crippen LogP contribution >= 0.6 is 11.3 Å². The number of aliphatic carboxylic acids is 1. The predicted molar refractivity (Wildman–Crippen MR) is 156 cm³/mol. The standard InChI is InChI=1S/C22H25N5O2S.C7H12O2/c1-14(2)19(26-13-28)6-5-15(3)21(29)18(16(4)23)11-25-22-24-9-7-20(27-22)17-8-10-30-12-17;8-7(9)6-4-2-1-3-5-6/h5-10,12-13H,1,11,23H2,2-4H3,(H,26,28)(H,24,25,27);6H,1-5H2,(H,8,9)/b15-5+,18-16-,19-6+;. The smallest absolute Gasteiger partial charge is 0.306 e. The van der Waals surface area contributed by atoms with E-state index in [0.717, 1.165) is 36.9 Å². The second kappa shape index (κ2) is 16.0. The van der Waals surface area contributed by atoms with Crippen molar-refractivity contribution in [3.05, 3.63) is 75.9 Å². The minimum atomic E-state index is -0.602. The van der Waals surface area contributed by atoms with Gasteiger partial charge in [-0.2, -0.15) is 11.3 Å². The van der Waals surface area contributed by atoms with Gasteiger partial charge >= 0.3 is 5.97 Å². The van der Waals surface area contributed by atoms with Gasteiger partial charge in [0.15, 0.2) is 5.78 Å². The molecule has 1 fully saturated rings. The number of carbonyl (C=O) groups is 3. The monoisotopic (exact) mass is 551 g/mol. The summed E-state index contributed by atoms with van der Waals surface area (Å²) in [6.45, 7) is 9.10. The van der Waals surface area contributed by atoms with Gasteiger partial charge in [-0.1, -0.05) is 31.9 Å². The lowest BCUT2D eigenvalue weighted by Gasteiger charge is -2.16. The van der Waals surface area contributed by atoms with E-state index < -0.39 is 5.97 Å². The summed E-state index contributed by atoms with van der Waals surface area (Å²) in [5.74, 6) is -0.431. The van der Waals surface area contributed by atoms with Gasteiger partial charge in [0, 0.05) is 40.7 Å². The molecule has 1 amide bonds. The van der Waals surface area contributed by atoms with E-state index in [-0.39, 0.29) is 18.2 Å². The highest BCUT2D eigenvalue weighted by Crippen LogP contribution is 2.23. The first-order valence-electron chi connectivity index (χ1n) is 12.7. The number of nitrogens with one attached hydrogen (secondary N) is 2. The second-order valence-electron chi connectivity index (χ2n) is 9.27. The first-order valence-corrected chi connectivity index (χ1v) is 13.6. The largest absolute Gasteiger partial charge is 0.481 e.